The van der Waals surface area contributed by atoms with Crippen molar-refractivity contribution in [2.75, 3.05) is 13.7 Å². The summed E-state index contributed by atoms with van der Waals surface area (Å²) in [5, 5.41) is 18.9. The van der Waals surface area contributed by atoms with Crippen LogP contribution in [0.15, 0.2) is 12.1 Å². The molecule has 4 N–H and O–H groups in total. The second-order valence-corrected chi connectivity index (χ2v) is 3.36. The molecule has 7 heteroatoms. The van der Waals surface area contributed by atoms with Gasteiger partial charge in [-0.2, -0.15) is 13.2 Å². The van der Waals surface area contributed by atoms with Crippen LogP contribution in [0.25, 0.3) is 0 Å². The van der Waals surface area contributed by atoms with Crippen LogP contribution in [0.1, 0.15) is 17.2 Å². The van der Waals surface area contributed by atoms with Crippen molar-refractivity contribution in [1.82, 2.24) is 0 Å². The molecule has 0 bridgehead atoms. The van der Waals surface area contributed by atoms with E-state index in [1.165, 1.54) is 7.11 Å². The van der Waals surface area contributed by atoms with Gasteiger partial charge in [0.15, 0.2) is 0 Å². The molecule has 96 valence electrons. The molecule has 1 rings (SSSR count). The van der Waals surface area contributed by atoms with Crippen molar-refractivity contribution in [3.63, 3.8) is 0 Å². The van der Waals surface area contributed by atoms with Crippen LogP contribution in [-0.4, -0.2) is 23.9 Å². The van der Waals surface area contributed by atoms with Gasteiger partial charge in [0.25, 0.3) is 0 Å². The van der Waals surface area contributed by atoms with E-state index < -0.39 is 23.6 Å². The summed E-state index contributed by atoms with van der Waals surface area (Å²) in [6, 6.07) is 1.77. The highest BCUT2D eigenvalue weighted by atomic mass is 19.4. The summed E-state index contributed by atoms with van der Waals surface area (Å²) in [5.74, 6) is -1.14. The lowest BCUT2D eigenvalue weighted by Gasteiger charge is -2.17. The number of aliphatic hydroxyl groups excluding tert-OH is 1. The molecular weight excluding hydrogens is 239 g/mol. The fourth-order valence-electron chi connectivity index (χ4n) is 1.34. The third-order valence-electron chi connectivity index (χ3n) is 2.24. The van der Waals surface area contributed by atoms with Gasteiger partial charge >= 0.3 is 6.18 Å². The molecule has 0 radical (unpaired) electrons. The van der Waals surface area contributed by atoms with Gasteiger partial charge in [0, 0.05) is 12.1 Å². The Morgan fingerprint density at radius 3 is 2.41 bits per heavy atom. The molecule has 0 aliphatic rings. The molecule has 0 spiro atoms. The minimum Gasteiger partial charge on any atom is -0.507 e. The van der Waals surface area contributed by atoms with Crippen LogP contribution in [0.3, 0.4) is 0 Å². The van der Waals surface area contributed by atoms with E-state index in [2.05, 4.69) is 4.74 Å². The average Bonchev–Trinajstić information content (AvgIpc) is 2.26. The molecule has 0 saturated carbocycles. The number of benzene rings is 1. The number of ether oxygens (including phenoxy) is 1. The highest BCUT2D eigenvalue weighted by Gasteiger charge is 2.36. The van der Waals surface area contributed by atoms with Gasteiger partial charge < -0.3 is 20.7 Å². The summed E-state index contributed by atoms with van der Waals surface area (Å²) in [7, 11) is 1.19. The molecule has 4 nitrogen and oxygen atoms in total. The van der Waals surface area contributed by atoms with E-state index >= 15 is 0 Å². The van der Waals surface area contributed by atoms with Crippen molar-refractivity contribution in [2.45, 2.75) is 12.3 Å². The molecule has 0 heterocycles. The number of aliphatic hydroxyl groups is 1. The van der Waals surface area contributed by atoms with Crippen molar-refractivity contribution >= 4 is 0 Å². The fraction of sp³-hybridized carbons (Fsp3) is 0.400. The summed E-state index contributed by atoms with van der Waals surface area (Å²) in [5.41, 5.74) is 3.57. The lowest BCUT2D eigenvalue weighted by Crippen LogP contribution is -2.14. The van der Waals surface area contributed by atoms with Crippen LogP contribution in [0.5, 0.6) is 11.5 Å². The molecule has 0 aliphatic heterocycles. The van der Waals surface area contributed by atoms with E-state index in [9.17, 15) is 23.4 Å². The fourth-order valence-corrected chi connectivity index (χ4v) is 1.34. The van der Waals surface area contributed by atoms with E-state index in [1.807, 2.05) is 0 Å². The second-order valence-electron chi connectivity index (χ2n) is 3.36. The molecule has 0 saturated heterocycles. The zero-order valence-electron chi connectivity index (χ0n) is 8.95. The Morgan fingerprint density at radius 1 is 1.41 bits per heavy atom. The van der Waals surface area contributed by atoms with E-state index in [0.717, 1.165) is 6.07 Å². The van der Waals surface area contributed by atoms with Crippen molar-refractivity contribution in [3.05, 3.63) is 23.3 Å². The standard InChI is InChI=1S/C10H12F3NO3/c1-17-5-2-6(8(15)4-14)9(16)7(3-5)10(11,12)13/h2-3,8,15-16H,4,14H2,1H3. The first kappa shape index (κ1) is 13.6. The number of hydrogen-bond acceptors (Lipinski definition) is 4. The van der Waals surface area contributed by atoms with Crippen LogP contribution in [0.4, 0.5) is 13.2 Å². The number of hydrogen-bond donors (Lipinski definition) is 3. The summed E-state index contributed by atoms with van der Waals surface area (Å²) in [6.07, 6.45) is -6.12. The van der Waals surface area contributed by atoms with Gasteiger partial charge in [-0.25, -0.2) is 0 Å². The number of methoxy groups -OCH3 is 1. The Kier molecular flexibility index (Phi) is 3.84. The predicted molar refractivity (Wildman–Crippen MR) is 53.7 cm³/mol. The van der Waals surface area contributed by atoms with Crippen LogP contribution in [-0.2, 0) is 6.18 Å². The number of phenolic OH excluding ortho intramolecular Hbond substituents is 1. The molecule has 0 aliphatic carbocycles. The van der Waals surface area contributed by atoms with Gasteiger partial charge in [-0.15, -0.1) is 0 Å². The molecule has 1 aromatic carbocycles. The van der Waals surface area contributed by atoms with Crippen molar-refractivity contribution in [2.24, 2.45) is 5.73 Å². The summed E-state index contributed by atoms with van der Waals surface area (Å²) in [6.45, 7) is -0.308. The van der Waals surface area contributed by atoms with Gasteiger partial charge in [-0.05, 0) is 12.1 Å². The third kappa shape index (κ3) is 2.80. The first-order valence-electron chi connectivity index (χ1n) is 4.67. The Balaban J connectivity index is 3.41. The van der Waals surface area contributed by atoms with Gasteiger partial charge in [0.1, 0.15) is 17.1 Å². The Bertz CT molecular complexity index is 407. The molecule has 1 atom stereocenters. The number of nitrogens with two attached hydrogens (primary N) is 1. The van der Waals surface area contributed by atoms with E-state index in [4.69, 9.17) is 5.73 Å². The SMILES string of the molecule is COc1cc(C(O)CN)c(O)c(C(F)(F)F)c1. The van der Waals surface area contributed by atoms with Gasteiger partial charge in [0.2, 0.25) is 0 Å². The van der Waals surface area contributed by atoms with E-state index in [-0.39, 0.29) is 17.9 Å². The maximum Gasteiger partial charge on any atom is 0.420 e. The first-order chi connectivity index (χ1) is 7.81. The highest BCUT2D eigenvalue weighted by Crippen LogP contribution is 2.41. The molecule has 1 aromatic rings. The molecule has 17 heavy (non-hydrogen) atoms. The topological polar surface area (TPSA) is 75.7 Å². The maximum absolute atomic E-state index is 12.6. The highest BCUT2D eigenvalue weighted by molar-refractivity contribution is 5.48. The first-order valence-corrected chi connectivity index (χ1v) is 4.67. The summed E-state index contributed by atoms with van der Waals surface area (Å²) < 4.78 is 42.4. The van der Waals surface area contributed by atoms with Crippen LogP contribution in [0.2, 0.25) is 0 Å². The van der Waals surface area contributed by atoms with Gasteiger partial charge in [-0.1, -0.05) is 0 Å². The minimum atomic E-state index is -4.73. The van der Waals surface area contributed by atoms with Crippen molar-refractivity contribution < 1.29 is 28.1 Å². The zero-order valence-corrected chi connectivity index (χ0v) is 8.95. The number of alkyl halides is 3. The number of phenols is 1. The van der Waals surface area contributed by atoms with Crippen LogP contribution < -0.4 is 10.5 Å². The minimum absolute atomic E-state index is 0.113. The molecule has 0 aromatic heterocycles. The largest absolute Gasteiger partial charge is 0.507 e. The third-order valence-corrected chi connectivity index (χ3v) is 2.24. The normalized spacial score (nSPS) is 13.5. The Hall–Kier alpha value is -1.47. The second kappa shape index (κ2) is 4.80. The molecule has 1 unspecified atom stereocenters. The van der Waals surface area contributed by atoms with Gasteiger partial charge in [-0.3, -0.25) is 0 Å². The maximum atomic E-state index is 12.6. The van der Waals surface area contributed by atoms with Crippen LogP contribution >= 0.6 is 0 Å². The summed E-state index contributed by atoms with van der Waals surface area (Å²) in [4.78, 5) is 0. The van der Waals surface area contributed by atoms with E-state index in [0.29, 0.717) is 6.07 Å². The molecular formula is C10H12F3NO3. The van der Waals surface area contributed by atoms with Crippen molar-refractivity contribution in [3.8, 4) is 11.5 Å². The van der Waals surface area contributed by atoms with Gasteiger partial charge in [0.05, 0.1) is 13.2 Å². The predicted octanol–water partition coefficient (Wildman–Crippen LogP) is 1.41. The smallest absolute Gasteiger partial charge is 0.420 e. The number of halogens is 3. The molecule has 0 amide bonds. The zero-order chi connectivity index (χ0) is 13.2. The molecule has 0 fully saturated rings. The Labute approximate surface area is 95.4 Å². The number of aromatic hydroxyl groups is 1. The lowest BCUT2D eigenvalue weighted by molar-refractivity contribution is -0.139. The summed E-state index contributed by atoms with van der Waals surface area (Å²) >= 11 is 0. The average molecular weight is 251 g/mol. The van der Waals surface area contributed by atoms with Crippen LogP contribution in [0, 0.1) is 0 Å². The monoisotopic (exact) mass is 251 g/mol. The van der Waals surface area contributed by atoms with E-state index in [1.54, 1.807) is 0 Å². The van der Waals surface area contributed by atoms with Crippen molar-refractivity contribution in [1.29, 1.82) is 0 Å². The quantitative estimate of drug-likeness (QED) is 0.759. The Morgan fingerprint density at radius 2 is 2.00 bits per heavy atom. The number of rotatable bonds is 3. The lowest BCUT2D eigenvalue weighted by atomic mass is 10.0.